The van der Waals surface area contributed by atoms with Crippen molar-refractivity contribution in [3.8, 4) is 0 Å². The molecule has 1 aromatic carbocycles. The fraction of sp³-hybridized carbons (Fsp3) is 0.333. The number of benzene rings is 1. The third-order valence-electron chi connectivity index (χ3n) is 2.19. The van der Waals surface area contributed by atoms with Gasteiger partial charge in [-0.2, -0.15) is 0 Å². The van der Waals surface area contributed by atoms with Gasteiger partial charge in [0.15, 0.2) is 11.1 Å². The molecule has 0 fully saturated rings. The lowest BCUT2D eigenvalue weighted by Gasteiger charge is -2.01. The summed E-state index contributed by atoms with van der Waals surface area (Å²) in [6.45, 7) is 1.79. The van der Waals surface area contributed by atoms with Crippen LogP contribution >= 0.6 is 0 Å². The zero-order chi connectivity index (χ0) is 9.26. The molecule has 1 atom stereocenters. The Kier molecular flexibility index (Phi) is 2.44. The van der Waals surface area contributed by atoms with E-state index in [0.717, 1.165) is 18.7 Å². The van der Waals surface area contributed by atoms with Gasteiger partial charge in [-0.15, -0.1) is 0 Å². The Hall–Kier alpha value is -0.710. The van der Waals surface area contributed by atoms with Crippen molar-refractivity contribution in [1.82, 2.24) is 5.32 Å². The Labute approximate surface area is 79.4 Å². The Balaban J connectivity index is 2.25. The first-order valence-corrected chi connectivity index (χ1v) is 5.42. The van der Waals surface area contributed by atoms with E-state index < -0.39 is 11.1 Å². The lowest BCUT2D eigenvalue weighted by molar-refractivity contribution is 0.563. The van der Waals surface area contributed by atoms with Gasteiger partial charge in [-0.3, -0.25) is 0 Å². The van der Waals surface area contributed by atoms with Crippen molar-refractivity contribution in [2.75, 3.05) is 0 Å². The molecule has 1 aliphatic rings. The van der Waals surface area contributed by atoms with E-state index in [9.17, 15) is 4.21 Å². The van der Waals surface area contributed by atoms with Crippen LogP contribution < -0.4 is 5.32 Å². The second-order valence-electron chi connectivity index (χ2n) is 3.17. The maximum Gasteiger partial charge on any atom is 0.157 e. The monoisotopic (exact) mass is 197 g/mol. The zero-order valence-electron chi connectivity index (χ0n) is 7.12. The minimum Gasteiger partial charge on any atom is -0.309 e. The molecule has 0 saturated carbocycles. The van der Waals surface area contributed by atoms with E-state index in [4.69, 9.17) is 4.55 Å². The number of rotatable bonds is 2. The van der Waals surface area contributed by atoms with E-state index in [-0.39, 0.29) is 5.75 Å². The van der Waals surface area contributed by atoms with Crippen molar-refractivity contribution < 1.29 is 8.76 Å². The van der Waals surface area contributed by atoms with E-state index in [1.165, 1.54) is 11.1 Å². The largest absolute Gasteiger partial charge is 0.309 e. The Morgan fingerprint density at radius 1 is 1.38 bits per heavy atom. The van der Waals surface area contributed by atoms with Crippen molar-refractivity contribution in [3.05, 3.63) is 34.9 Å². The lowest BCUT2D eigenvalue weighted by atomic mass is 10.1. The lowest BCUT2D eigenvalue weighted by Crippen LogP contribution is -1.99. The van der Waals surface area contributed by atoms with Crippen molar-refractivity contribution in [1.29, 1.82) is 0 Å². The summed E-state index contributed by atoms with van der Waals surface area (Å²) in [5, 5.41) is 3.23. The molecule has 70 valence electrons. The Morgan fingerprint density at radius 3 is 2.92 bits per heavy atom. The average Bonchev–Trinajstić information content (AvgIpc) is 2.49. The third-order valence-corrected chi connectivity index (χ3v) is 2.77. The van der Waals surface area contributed by atoms with Gasteiger partial charge in [-0.05, 0) is 16.7 Å². The molecular formula is C9H11NO2S. The second-order valence-corrected chi connectivity index (χ2v) is 4.10. The molecule has 3 nitrogen and oxygen atoms in total. The molecule has 0 amide bonds. The first-order valence-electron chi connectivity index (χ1n) is 4.14. The summed E-state index contributed by atoms with van der Waals surface area (Å²) in [5.41, 5.74) is 3.48. The van der Waals surface area contributed by atoms with Gasteiger partial charge in [0.25, 0.3) is 0 Å². The van der Waals surface area contributed by atoms with E-state index in [0.29, 0.717) is 0 Å². The summed E-state index contributed by atoms with van der Waals surface area (Å²) in [6.07, 6.45) is 0. The topological polar surface area (TPSA) is 49.3 Å². The highest BCUT2D eigenvalue weighted by Gasteiger charge is 2.10. The van der Waals surface area contributed by atoms with E-state index in [2.05, 4.69) is 5.32 Å². The van der Waals surface area contributed by atoms with Crippen LogP contribution in [0.15, 0.2) is 18.2 Å². The third kappa shape index (κ3) is 1.96. The number of nitrogens with one attached hydrogen (secondary N) is 1. The molecule has 1 unspecified atom stereocenters. The number of hydrogen-bond acceptors (Lipinski definition) is 2. The van der Waals surface area contributed by atoms with Crippen LogP contribution in [0.3, 0.4) is 0 Å². The predicted molar refractivity (Wildman–Crippen MR) is 51.5 cm³/mol. The van der Waals surface area contributed by atoms with Gasteiger partial charge in [0, 0.05) is 13.1 Å². The highest BCUT2D eigenvalue weighted by Crippen LogP contribution is 2.17. The summed E-state index contributed by atoms with van der Waals surface area (Å²) < 4.78 is 19.3. The highest BCUT2D eigenvalue weighted by atomic mass is 32.2. The van der Waals surface area contributed by atoms with Gasteiger partial charge in [-0.1, -0.05) is 18.2 Å². The quantitative estimate of drug-likeness (QED) is 0.696. The van der Waals surface area contributed by atoms with Crippen molar-refractivity contribution >= 4 is 11.1 Å². The van der Waals surface area contributed by atoms with Gasteiger partial charge < -0.3 is 9.87 Å². The fourth-order valence-electron chi connectivity index (χ4n) is 1.58. The first-order chi connectivity index (χ1) is 6.25. The summed E-state index contributed by atoms with van der Waals surface area (Å²) in [5.74, 6) is 0.229. The SMILES string of the molecule is O=S(O)Cc1ccc2c(c1)CNC2. The molecule has 2 rings (SSSR count). The minimum absolute atomic E-state index is 0.229. The standard InChI is InChI=1S/C9H11NO2S/c11-13(12)6-7-1-2-8-4-10-5-9(8)3-7/h1-3,10H,4-6H2,(H,11,12). The Morgan fingerprint density at radius 2 is 2.15 bits per heavy atom. The summed E-state index contributed by atoms with van der Waals surface area (Å²) in [7, 11) is 0. The highest BCUT2D eigenvalue weighted by molar-refractivity contribution is 7.78. The van der Waals surface area contributed by atoms with Crippen LogP contribution in [-0.4, -0.2) is 8.76 Å². The maximum absolute atomic E-state index is 10.6. The molecule has 0 bridgehead atoms. The average molecular weight is 197 g/mol. The van der Waals surface area contributed by atoms with Gasteiger partial charge in [0.05, 0.1) is 5.75 Å². The van der Waals surface area contributed by atoms with E-state index in [1.807, 2.05) is 18.2 Å². The van der Waals surface area contributed by atoms with Crippen LogP contribution in [-0.2, 0) is 29.9 Å². The van der Waals surface area contributed by atoms with Crippen LogP contribution in [0.5, 0.6) is 0 Å². The molecule has 0 aromatic heterocycles. The van der Waals surface area contributed by atoms with Crippen molar-refractivity contribution in [2.24, 2.45) is 0 Å². The van der Waals surface area contributed by atoms with Crippen LogP contribution in [0.25, 0.3) is 0 Å². The summed E-state index contributed by atoms with van der Waals surface area (Å²) in [6, 6.07) is 5.95. The van der Waals surface area contributed by atoms with Gasteiger partial charge >= 0.3 is 0 Å². The van der Waals surface area contributed by atoms with E-state index in [1.54, 1.807) is 0 Å². The minimum atomic E-state index is -1.73. The Bertz CT molecular complexity index is 351. The molecule has 0 spiro atoms. The summed E-state index contributed by atoms with van der Waals surface area (Å²) in [4.78, 5) is 0. The fourth-order valence-corrected chi connectivity index (χ4v) is 2.05. The second kappa shape index (κ2) is 3.57. The smallest absolute Gasteiger partial charge is 0.157 e. The summed E-state index contributed by atoms with van der Waals surface area (Å²) >= 11 is -1.73. The molecule has 1 aromatic rings. The normalized spacial score (nSPS) is 17.0. The predicted octanol–water partition coefficient (Wildman–Crippen LogP) is 1.01. The zero-order valence-corrected chi connectivity index (χ0v) is 7.93. The maximum atomic E-state index is 10.6. The number of fused-ring (bicyclic) bond motifs is 1. The molecule has 13 heavy (non-hydrogen) atoms. The van der Waals surface area contributed by atoms with Crippen molar-refractivity contribution in [2.45, 2.75) is 18.8 Å². The van der Waals surface area contributed by atoms with Crippen molar-refractivity contribution in [3.63, 3.8) is 0 Å². The number of hydrogen-bond donors (Lipinski definition) is 2. The van der Waals surface area contributed by atoms with Gasteiger partial charge in [0.2, 0.25) is 0 Å². The molecule has 0 radical (unpaired) electrons. The van der Waals surface area contributed by atoms with Gasteiger partial charge in [0.1, 0.15) is 0 Å². The van der Waals surface area contributed by atoms with Crippen LogP contribution in [0.4, 0.5) is 0 Å². The van der Waals surface area contributed by atoms with Crippen LogP contribution in [0.2, 0.25) is 0 Å². The molecule has 1 aliphatic heterocycles. The molecule has 2 N–H and O–H groups in total. The molecular weight excluding hydrogens is 186 g/mol. The van der Waals surface area contributed by atoms with E-state index >= 15 is 0 Å². The molecule has 0 aliphatic carbocycles. The van der Waals surface area contributed by atoms with Gasteiger partial charge in [-0.25, -0.2) is 4.21 Å². The van der Waals surface area contributed by atoms with Crippen LogP contribution in [0.1, 0.15) is 16.7 Å². The first kappa shape index (κ1) is 8.87. The molecule has 4 heteroatoms. The van der Waals surface area contributed by atoms with Crippen LogP contribution in [0, 0.1) is 0 Å². The molecule has 0 saturated heterocycles. The molecule has 1 heterocycles.